The first-order valence-electron chi connectivity index (χ1n) is 11.2. The zero-order chi connectivity index (χ0) is 22.9. The number of fused-ring (bicyclic) bond motifs is 2. The molecule has 7 nitrogen and oxygen atoms in total. The number of pyridine rings is 1. The van der Waals surface area contributed by atoms with Crippen LogP contribution in [0.3, 0.4) is 0 Å². The first kappa shape index (κ1) is 21.7. The lowest BCUT2D eigenvalue weighted by Gasteiger charge is -2.20. The van der Waals surface area contributed by atoms with Crippen LogP contribution in [0.4, 0.5) is 0 Å². The van der Waals surface area contributed by atoms with Crippen LogP contribution in [0.1, 0.15) is 21.6 Å². The summed E-state index contributed by atoms with van der Waals surface area (Å²) in [5.74, 6) is 1.42. The van der Waals surface area contributed by atoms with Gasteiger partial charge in [0.1, 0.15) is 29.8 Å². The maximum absolute atomic E-state index is 13.3. The maximum atomic E-state index is 13.3. The molecule has 33 heavy (non-hydrogen) atoms. The maximum Gasteiger partial charge on any atom is 0.255 e. The fourth-order valence-electron chi connectivity index (χ4n) is 4.50. The molecule has 2 saturated heterocycles. The summed E-state index contributed by atoms with van der Waals surface area (Å²) < 4.78 is 23.5. The van der Waals surface area contributed by atoms with Crippen molar-refractivity contribution in [3.8, 4) is 11.5 Å². The molecule has 0 N–H and O–H groups in total. The van der Waals surface area contributed by atoms with E-state index in [1.807, 2.05) is 67.3 Å². The molecule has 0 unspecified atom stereocenters. The smallest absolute Gasteiger partial charge is 0.255 e. The van der Waals surface area contributed by atoms with Gasteiger partial charge in [-0.05, 0) is 37.6 Å². The standard InChI is InChI=1S/C26H28N2O5/c1-16-6-4-7-18-10-22(17(2)27-25(16)18)26(29)28-12-23-24(13-28)32-15-21(14-31-23)33-20-9-5-8-19(11-20)30-3/h4-11,21,23-24H,12-15H2,1-3H3/t23-,24-/m0/s1. The second kappa shape index (κ2) is 9.00. The van der Waals surface area contributed by atoms with E-state index in [-0.39, 0.29) is 24.2 Å². The molecule has 3 aromatic rings. The van der Waals surface area contributed by atoms with E-state index in [0.29, 0.717) is 37.6 Å². The Hall–Kier alpha value is -3.16. The zero-order valence-corrected chi connectivity index (χ0v) is 19.1. The number of ether oxygens (including phenoxy) is 4. The SMILES string of the molecule is COc1cccc(OC2CO[C@H]3CN(C(=O)c4cc5cccc(C)c5nc4C)C[C@@H]3OC2)c1. The van der Waals surface area contributed by atoms with Crippen LogP contribution in [0, 0.1) is 13.8 Å². The van der Waals surface area contributed by atoms with Crippen molar-refractivity contribution in [2.24, 2.45) is 0 Å². The highest BCUT2D eigenvalue weighted by Crippen LogP contribution is 2.27. The summed E-state index contributed by atoms with van der Waals surface area (Å²) in [6.07, 6.45) is -0.574. The molecule has 7 heteroatoms. The molecule has 1 aromatic heterocycles. The highest BCUT2D eigenvalue weighted by atomic mass is 16.6. The lowest BCUT2D eigenvalue weighted by molar-refractivity contribution is -0.00461. The Bertz CT molecular complexity index is 1160. The number of para-hydroxylation sites is 1. The Labute approximate surface area is 193 Å². The van der Waals surface area contributed by atoms with Gasteiger partial charge in [0.15, 0.2) is 0 Å². The Morgan fingerprint density at radius 3 is 2.42 bits per heavy atom. The number of hydrogen-bond donors (Lipinski definition) is 0. The van der Waals surface area contributed by atoms with Gasteiger partial charge in [0.25, 0.3) is 5.91 Å². The highest BCUT2D eigenvalue weighted by Gasteiger charge is 2.40. The van der Waals surface area contributed by atoms with Crippen LogP contribution in [0.25, 0.3) is 10.9 Å². The molecule has 2 fully saturated rings. The summed E-state index contributed by atoms with van der Waals surface area (Å²) in [4.78, 5) is 19.8. The van der Waals surface area contributed by atoms with Gasteiger partial charge in [0.2, 0.25) is 0 Å². The largest absolute Gasteiger partial charge is 0.497 e. The number of aryl methyl sites for hydroxylation is 2. The minimum atomic E-state index is -0.220. The minimum Gasteiger partial charge on any atom is -0.497 e. The average molecular weight is 449 g/mol. The number of aromatic nitrogens is 1. The van der Waals surface area contributed by atoms with E-state index in [9.17, 15) is 4.79 Å². The van der Waals surface area contributed by atoms with Gasteiger partial charge in [-0.25, -0.2) is 0 Å². The predicted octanol–water partition coefficient (Wildman–Crippen LogP) is 3.55. The lowest BCUT2D eigenvalue weighted by atomic mass is 10.1. The van der Waals surface area contributed by atoms with Crippen LogP contribution in [-0.2, 0) is 9.47 Å². The molecule has 3 heterocycles. The number of benzene rings is 2. The molecule has 2 aromatic carbocycles. The van der Waals surface area contributed by atoms with Crippen molar-refractivity contribution in [2.75, 3.05) is 33.4 Å². The summed E-state index contributed by atoms with van der Waals surface area (Å²) in [6.45, 7) is 5.69. The molecule has 0 spiro atoms. The number of amides is 1. The fourth-order valence-corrected chi connectivity index (χ4v) is 4.50. The molecule has 0 radical (unpaired) electrons. The molecular weight excluding hydrogens is 420 g/mol. The molecule has 172 valence electrons. The third-order valence-electron chi connectivity index (χ3n) is 6.31. The van der Waals surface area contributed by atoms with Gasteiger partial charge in [-0.2, -0.15) is 0 Å². The van der Waals surface area contributed by atoms with Crippen LogP contribution in [0.15, 0.2) is 48.5 Å². The van der Waals surface area contributed by atoms with Crippen LogP contribution in [-0.4, -0.2) is 67.5 Å². The molecular formula is C26H28N2O5. The van der Waals surface area contributed by atoms with Gasteiger partial charge in [-0.3, -0.25) is 9.78 Å². The van der Waals surface area contributed by atoms with Gasteiger partial charge in [0, 0.05) is 24.5 Å². The van der Waals surface area contributed by atoms with E-state index < -0.39 is 0 Å². The third kappa shape index (κ3) is 4.38. The Morgan fingerprint density at radius 2 is 1.70 bits per heavy atom. The van der Waals surface area contributed by atoms with E-state index in [1.54, 1.807) is 7.11 Å². The van der Waals surface area contributed by atoms with Crippen molar-refractivity contribution >= 4 is 16.8 Å². The Balaban J connectivity index is 1.25. The molecule has 5 rings (SSSR count). The first-order chi connectivity index (χ1) is 16.0. The summed E-state index contributed by atoms with van der Waals surface area (Å²) in [7, 11) is 1.63. The molecule has 1 amide bonds. The molecule has 0 bridgehead atoms. The number of carbonyl (C=O) groups is 1. The normalized spacial score (nSPS) is 21.0. The molecule has 0 saturated carbocycles. The average Bonchev–Trinajstić information content (AvgIpc) is 3.15. The number of hydrogen-bond acceptors (Lipinski definition) is 6. The number of rotatable bonds is 4. The molecule has 0 aliphatic carbocycles. The van der Waals surface area contributed by atoms with E-state index >= 15 is 0 Å². The van der Waals surface area contributed by atoms with Crippen molar-refractivity contribution in [3.05, 3.63) is 65.4 Å². The molecule has 2 atom stereocenters. The van der Waals surface area contributed by atoms with Gasteiger partial charge in [0.05, 0.1) is 37.1 Å². The fraction of sp³-hybridized carbons (Fsp3) is 0.385. The van der Waals surface area contributed by atoms with Crippen molar-refractivity contribution < 1.29 is 23.7 Å². The van der Waals surface area contributed by atoms with E-state index in [4.69, 9.17) is 23.9 Å². The number of likely N-dealkylation sites (tertiary alicyclic amines) is 1. The van der Waals surface area contributed by atoms with Crippen molar-refractivity contribution in [1.82, 2.24) is 9.88 Å². The van der Waals surface area contributed by atoms with Crippen LogP contribution in [0.2, 0.25) is 0 Å². The van der Waals surface area contributed by atoms with Crippen LogP contribution in [0.5, 0.6) is 11.5 Å². The Morgan fingerprint density at radius 1 is 1.00 bits per heavy atom. The second-order valence-corrected chi connectivity index (χ2v) is 8.64. The van der Waals surface area contributed by atoms with Crippen LogP contribution >= 0.6 is 0 Å². The van der Waals surface area contributed by atoms with Crippen molar-refractivity contribution in [1.29, 1.82) is 0 Å². The molecule has 2 aliphatic rings. The zero-order valence-electron chi connectivity index (χ0n) is 19.1. The topological polar surface area (TPSA) is 70.1 Å². The third-order valence-corrected chi connectivity index (χ3v) is 6.31. The molecule has 2 aliphatic heterocycles. The number of methoxy groups -OCH3 is 1. The quantitative estimate of drug-likeness (QED) is 0.608. The minimum absolute atomic E-state index is 0.0344. The summed E-state index contributed by atoms with van der Waals surface area (Å²) in [5, 5.41) is 0.974. The van der Waals surface area contributed by atoms with Crippen LogP contribution < -0.4 is 9.47 Å². The highest BCUT2D eigenvalue weighted by molar-refractivity contribution is 5.99. The predicted molar refractivity (Wildman–Crippen MR) is 124 cm³/mol. The second-order valence-electron chi connectivity index (χ2n) is 8.64. The number of carbonyl (C=O) groups excluding carboxylic acids is 1. The first-order valence-corrected chi connectivity index (χ1v) is 11.2. The van der Waals surface area contributed by atoms with Gasteiger partial charge < -0.3 is 23.8 Å². The number of nitrogens with zero attached hydrogens (tertiary/aromatic N) is 2. The van der Waals surface area contributed by atoms with Gasteiger partial charge in [-0.1, -0.05) is 24.3 Å². The van der Waals surface area contributed by atoms with E-state index in [0.717, 1.165) is 27.9 Å². The van der Waals surface area contributed by atoms with Crippen molar-refractivity contribution in [2.45, 2.75) is 32.2 Å². The Kier molecular flexibility index (Phi) is 5.91. The monoisotopic (exact) mass is 448 g/mol. The summed E-state index contributed by atoms with van der Waals surface area (Å²) in [6, 6.07) is 15.4. The van der Waals surface area contributed by atoms with Crippen molar-refractivity contribution in [3.63, 3.8) is 0 Å². The lowest BCUT2D eigenvalue weighted by Crippen LogP contribution is -2.33. The van der Waals surface area contributed by atoms with Gasteiger partial charge in [-0.15, -0.1) is 0 Å². The summed E-state index contributed by atoms with van der Waals surface area (Å²) in [5.41, 5.74) is 3.41. The van der Waals surface area contributed by atoms with E-state index in [1.165, 1.54) is 0 Å². The summed E-state index contributed by atoms with van der Waals surface area (Å²) >= 11 is 0. The van der Waals surface area contributed by atoms with Gasteiger partial charge >= 0.3 is 0 Å². The van der Waals surface area contributed by atoms with E-state index in [2.05, 4.69) is 0 Å².